The number of hydrogen-bond acceptors (Lipinski definition) is 4. The summed E-state index contributed by atoms with van der Waals surface area (Å²) in [7, 11) is 0. The summed E-state index contributed by atoms with van der Waals surface area (Å²) in [5.74, 6) is 1.81. The van der Waals surface area contributed by atoms with Crippen molar-refractivity contribution in [1.82, 2.24) is 19.9 Å². The Morgan fingerprint density at radius 3 is 3.00 bits per heavy atom. The molecule has 0 aromatic carbocycles. The molecular formula is C17H23N5. The highest BCUT2D eigenvalue weighted by atomic mass is 15.3. The third-order valence-corrected chi connectivity index (χ3v) is 5.98. The molecule has 0 amide bonds. The van der Waals surface area contributed by atoms with E-state index in [0.717, 1.165) is 18.9 Å². The number of fused-ring (bicyclic) bond motifs is 1. The van der Waals surface area contributed by atoms with Crippen LogP contribution in [0.1, 0.15) is 43.7 Å². The summed E-state index contributed by atoms with van der Waals surface area (Å²) in [6, 6.07) is 2.28. The van der Waals surface area contributed by atoms with Gasteiger partial charge in [0.25, 0.3) is 0 Å². The molecular weight excluding hydrogens is 274 g/mol. The Hall–Kier alpha value is -1.62. The monoisotopic (exact) mass is 297 g/mol. The molecule has 2 saturated heterocycles. The average Bonchev–Trinajstić information content (AvgIpc) is 3.18. The summed E-state index contributed by atoms with van der Waals surface area (Å²) in [6.07, 6.45) is 10.4. The van der Waals surface area contributed by atoms with Gasteiger partial charge in [0.05, 0.1) is 5.69 Å². The standard InChI is InChI=1S/C17H23N5/c1-2-13(3-1)14-10-15-16(19-7-9-22(15)20-14)21-8-5-17(12-21)4-6-18-11-17/h7,9-10,13,18H,1-6,8,11-12H2. The average molecular weight is 297 g/mol. The smallest absolute Gasteiger partial charge is 0.154 e. The summed E-state index contributed by atoms with van der Waals surface area (Å²) in [5.41, 5.74) is 2.93. The van der Waals surface area contributed by atoms with Gasteiger partial charge in [0.15, 0.2) is 5.82 Å². The van der Waals surface area contributed by atoms with Gasteiger partial charge < -0.3 is 10.2 Å². The maximum atomic E-state index is 4.79. The number of anilines is 1. The summed E-state index contributed by atoms with van der Waals surface area (Å²) >= 11 is 0. The SMILES string of the molecule is c1cn2nc(C3CCC3)cc2c(N2CCC3(CCNC3)C2)n1. The summed E-state index contributed by atoms with van der Waals surface area (Å²) < 4.78 is 2.04. The maximum Gasteiger partial charge on any atom is 0.154 e. The van der Waals surface area contributed by atoms with Crippen molar-refractivity contribution in [2.24, 2.45) is 5.41 Å². The van der Waals surface area contributed by atoms with Gasteiger partial charge in [0.1, 0.15) is 5.52 Å². The largest absolute Gasteiger partial charge is 0.354 e. The lowest BCUT2D eigenvalue weighted by molar-refractivity contribution is 0.369. The Morgan fingerprint density at radius 2 is 2.23 bits per heavy atom. The van der Waals surface area contributed by atoms with Crippen LogP contribution in [0, 0.1) is 5.41 Å². The van der Waals surface area contributed by atoms with Gasteiger partial charge in [-0.15, -0.1) is 0 Å². The van der Waals surface area contributed by atoms with Crippen molar-refractivity contribution in [3.05, 3.63) is 24.2 Å². The molecule has 1 aliphatic carbocycles. The van der Waals surface area contributed by atoms with E-state index in [-0.39, 0.29) is 0 Å². The van der Waals surface area contributed by atoms with Crippen LogP contribution in [0.4, 0.5) is 5.82 Å². The topological polar surface area (TPSA) is 45.5 Å². The van der Waals surface area contributed by atoms with Gasteiger partial charge in [-0.05, 0) is 38.3 Å². The van der Waals surface area contributed by atoms with Crippen LogP contribution in [0.15, 0.2) is 18.5 Å². The number of nitrogens with one attached hydrogen (secondary N) is 1. The first-order valence-corrected chi connectivity index (χ1v) is 8.63. The molecule has 5 rings (SSSR count). The van der Waals surface area contributed by atoms with Crippen LogP contribution in [0.5, 0.6) is 0 Å². The molecule has 1 unspecified atom stereocenters. The van der Waals surface area contributed by atoms with Crippen LogP contribution in [0.25, 0.3) is 5.52 Å². The molecule has 1 N–H and O–H groups in total. The van der Waals surface area contributed by atoms with Crippen LogP contribution in [0.3, 0.4) is 0 Å². The number of aromatic nitrogens is 3. The van der Waals surface area contributed by atoms with E-state index in [1.165, 1.54) is 56.4 Å². The third-order valence-electron chi connectivity index (χ3n) is 5.98. The lowest BCUT2D eigenvalue weighted by Gasteiger charge is -2.23. The molecule has 5 heteroatoms. The Kier molecular flexibility index (Phi) is 2.74. The Bertz CT molecular complexity index is 696. The fourth-order valence-electron chi connectivity index (χ4n) is 4.33. The molecule has 4 heterocycles. The highest BCUT2D eigenvalue weighted by molar-refractivity contribution is 5.69. The summed E-state index contributed by atoms with van der Waals surface area (Å²) in [6.45, 7) is 4.60. The number of nitrogens with zero attached hydrogens (tertiary/aromatic N) is 4. The molecule has 1 atom stereocenters. The second-order valence-electron chi connectivity index (χ2n) is 7.38. The van der Waals surface area contributed by atoms with E-state index in [9.17, 15) is 0 Å². The van der Waals surface area contributed by atoms with Crippen molar-refractivity contribution in [3.8, 4) is 0 Å². The van der Waals surface area contributed by atoms with Crippen molar-refractivity contribution in [2.75, 3.05) is 31.1 Å². The predicted octanol–water partition coefficient (Wildman–Crippen LogP) is 2.19. The van der Waals surface area contributed by atoms with Crippen molar-refractivity contribution >= 4 is 11.3 Å². The Labute approximate surface area is 130 Å². The lowest BCUT2D eigenvalue weighted by Crippen LogP contribution is -2.29. The van der Waals surface area contributed by atoms with E-state index >= 15 is 0 Å². The first-order valence-electron chi connectivity index (χ1n) is 8.63. The van der Waals surface area contributed by atoms with E-state index in [4.69, 9.17) is 10.1 Å². The summed E-state index contributed by atoms with van der Waals surface area (Å²) in [4.78, 5) is 7.19. The Morgan fingerprint density at radius 1 is 1.27 bits per heavy atom. The van der Waals surface area contributed by atoms with Crippen LogP contribution >= 0.6 is 0 Å². The van der Waals surface area contributed by atoms with Crippen molar-refractivity contribution < 1.29 is 0 Å². The highest BCUT2D eigenvalue weighted by Gasteiger charge is 2.41. The molecule has 0 bridgehead atoms. The van der Waals surface area contributed by atoms with E-state index in [1.807, 2.05) is 16.9 Å². The molecule has 22 heavy (non-hydrogen) atoms. The number of hydrogen-bond donors (Lipinski definition) is 1. The number of rotatable bonds is 2. The van der Waals surface area contributed by atoms with Crippen LogP contribution < -0.4 is 10.2 Å². The van der Waals surface area contributed by atoms with E-state index < -0.39 is 0 Å². The minimum absolute atomic E-state index is 0.478. The Balaban J connectivity index is 1.50. The van der Waals surface area contributed by atoms with Gasteiger partial charge in [0.2, 0.25) is 0 Å². The third kappa shape index (κ3) is 1.88. The van der Waals surface area contributed by atoms with Crippen molar-refractivity contribution in [3.63, 3.8) is 0 Å². The van der Waals surface area contributed by atoms with Gasteiger partial charge in [-0.3, -0.25) is 0 Å². The molecule has 2 aromatic rings. The van der Waals surface area contributed by atoms with Gasteiger partial charge in [0, 0.05) is 43.4 Å². The van der Waals surface area contributed by atoms with E-state index in [2.05, 4.69) is 16.3 Å². The van der Waals surface area contributed by atoms with Crippen LogP contribution in [-0.2, 0) is 0 Å². The van der Waals surface area contributed by atoms with Crippen molar-refractivity contribution in [2.45, 2.75) is 38.0 Å². The van der Waals surface area contributed by atoms with Gasteiger partial charge >= 0.3 is 0 Å². The van der Waals surface area contributed by atoms with Gasteiger partial charge in [-0.1, -0.05) is 6.42 Å². The molecule has 1 spiro atoms. The zero-order valence-electron chi connectivity index (χ0n) is 13.0. The van der Waals surface area contributed by atoms with E-state index in [1.54, 1.807) is 0 Å². The maximum absolute atomic E-state index is 4.79. The zero-order chi connectivity index (χ0) is 14.6. The fourth-order valence-corrected chi connectivity index (χ4v) is 4.33. The van der Waals surface area contributed by atoms with Crippen LogP contribution in [-0.4, -0.2) is 40.8 Å². The van der Waals surface area contributed by atoms with Crippen LogP contribution in [0.2, 0.25) is 0 Å². The normalized spacial score (nSPS) is 28.8. The molecule has 116 valence electrons. The zero-order valence-corrected chi connectivity index (χ0v) is 13.0. The van der Waals surface area contributed by atoms with Crippen molar-refractivity contribution in [1.29, 1.82) is 0 Å². The van der Waals surface area contributed by atoms with Gasteiger partial charge in [-0.2, -0.15) is 5.10 Å². The molecule has 0 radical (unpaired) electrons. The molecule has 2 aromatic heterocycles. The second kappa shape index (κ2) is 4.69. The fraction of sp³-hybridized carbons (Fsp3) is 0.647. The first-order chi connectivity index (χ1) is 10.8. The minimum Gasteiger partial charge on any atom is -0.354 e. The lowest BCUT2D eigenvalue weighted by atomic mass is 9.83. The molecule has 3 fully saturated rings. The van der Waals surface area contributed by atoms with E-state index in [0.29, 0.717) is 11.3 Å². The predicted molar refractivity (Wildman–Crippen MR) is 86.3 cm³/mol. The minimum atomic E-state index is 0.478. The quantitative estimate of drug-likeness (QED) is 0.923. The summed E-state index contributed by atoms with van der Waals surface area (Å²) in [5, 5.41) is 8.33. The molecule has 2 aliphatic heterocycles. The molecule has 5 nitrogen and oxygen atoms in total. The second-order valence-corrected chi connectivity index (χ2v) is 7.38. The van der Waals surface area contributed by atoms with Gasteiger partial charge in [-0.25, -0.2) is 9.50 Å². The molecule has 1 saturated carbocycles. The highest BCUT2D eigenvalue weighted by Crippen LogP contribution is 2.40. The first kappa shape index (κ1) is 12.9. The molecule has 3 aliphatic rings.